The van der Waals surface area contributed by atoms with Crippen LogP contribution in [0.5, 0.6) is 5.75 Å². The van der Waals surface area contributed by atoms with E-state index in [1.807, 2.05) is 62.1 Å². The van der Waals surface area contributed by atoms with Crippen LogP contribution < -0.4 is 21.1 Å². The third-order valence-electron chi connectivity index (χ3n) is 5.07. The lowest BCUT2D eigenvalue weighted by atomic mass is 9.98. The predicted octanol–water partition coefficient (Wildman–Crippen LogP) is 2.23. The maximum absolute atomic E-state index is 13.2. The molecule has 4 rings (SSSR count). The molecule has 2 N–H and O–H groups in total. The fourth-order valence-corrected chi connectivity index (χ4v) is 3.75. The summed E-state index contributed by atoms with van der Waals surface area (Å²) in [5.41, 5.74) is 10.2. The van der Waals surface area contributed by atoms with Crippen molar-refractivity contribution in [3.05, 3.63) is 58.1 Å². The summed E-state index contributed by atoms with van der Waals surface area (Å²) in [5.74, 6) is 1.15. The van der Waals surface area contributed by atoms with Gasteiger partial charge in [0.05, 0.1) is 12.3 Å². The van der Waals surface area contributed by atoms with E-state index in [1.54, 1.807) is 4.57 Å². The van der Waals surface area contributed by atoms with Crippen LogP contribution in [0.2, 0.25) is 0 Å². The highest BCUT2D eigenvalue weighted by Gasteiger charge is 2.22. The summed E-state index contributed by atoms with van der Waals surface area (Å²) in [6, 6.07) is 7.91. The summed E-state index contributed by atoms with van der Waals surface area (Å²) in [7, 11) is 1.92. The highest BCUT2D eigenvalue weighted by atomic mass is 16.5. The molecule has 0 aliphatic carbocycles. The first-order valence-corrected chi connectivity index (χ1v) is 9.00. The quantitative estimate of drug-likeness (QED) is 0.756. The van der Waals surface area contributed by atoms with Gasteiger partial charge in [-0.3, -0.25) is 20.2 Å². The van der Waals surface area contributed by atoms with Gasteiger partial charge in [0.2, 0.25) is 0 Å². The summed E-state index contributed by atoms with van der Waals surface area (Å²) >= 11 is 0. The van der Waals surface area contributed by atoms with Gasteiger partial charge in [-0.2, -0.15) is 0 Å². The van der Waals surface area contributed by atoms with Crippen LogP contribution in [0, 0.1) is 6.92 Å². The zero-order chi connectivity index (χ0) is 18.3. The molecule has 1 aliphatic rings. The van der Waals surface area contributed by atoms with Crippen LogP contribution in [0.3, 0.4) is 0 Å². The number of nitrogens with one attached hydrogen (secondary N) is 2. The Morgan fingerprint density at radius 3 is 2.69 bits per heavy atom. The molecule has 1 saturated heterocycles. The van der Waals surface area contributed by atoms with E-state index in [-0.39, 0.29) is 5.56 Å². The van der Waals surface area contributed by atoms with Crippen molar-refractivity contribution in [2.45, 2.75) is 19.8 Å². The fourth-order valence-electron chi connectivity index (χ4n) is 3.75. The molecule has 6 heteroatoms. The number of aromatic nitrogens is 2. The van der Waals surface area contributed by atoms with E-state index < -0.39 is 0 Å². The minimum atomic E-state index is 0.00225. The lowest BCUT2D eigenvalue weighted by Crippen LogP contribution is -2.22. The summed E-state index contributed by atoms with van der Waals surface area (Å²) in [4.78, 5) is 13.2. The molecule has 3 heterocycles. The van der Waals surface area contributed by atoms with E-state index in [4.69, 9.17) is 4.74 Å². The van der Waals surface area contributed by atoms with Gasteiger partial charge in [0, 0.05) is 43.8 Å². The van der Waals surface area contributed by atoms with E-state index in [0.29, 0.717) is 12.5 Å². The number of hydrogen-bond acceptors (Lipinski definition) is 4. The molecule has 2 aromatic heterocycles. The summed E-state index contributed by atoms with van der Waals surface area (Å²) < 4.78 is 9.27. The van der Waals surface area contributed by atoms with Crippen molar-refractivity contribution in [2.24, 2.45) is 7.05 Å². The molecule has 1 aliphatic heterocycles. The van der Waals surface area contributed by atoms with Crippen LogP contribution in [0.15, 0.2) is 41.5 Å². The average Bonchev–Trinajstić information content (AvgIpc) is 3.27. The standard InChI is InChI=1S/C20H24N4O2/c1-4-26-15-5-6-18(13(2)9-15)24-12-17(14-10-21-22-11-14)16-7-8-23(3)19(16)20(24)25/h5-9,12,14,21-22H,4,10-11H2,1-3H3. The number of ether oxygens (including phenoxy) is 1. The lowest BCUT2D eigenvalue weighted by molar-refractivity contribution is 0.340. The first-order chi connectivity index (χ1) is 12.6. The van der Waals surface area contributed by atoms with Gasteiger partial charge in [0.15, 0.2) is 0 Å². The number of pyridine rings is 1. The Bertz CT molecular complexity index is 1010. The van der Waals surface area contributed by atoms with E-state index >= 15 is 0 Å². The van der Waals surface area contributed by atoms with E-state index in [0.717, 1.165) is 41.0 Å². The number of aryl methyl sites for hydroxylation is 2. The van der Waals surface area contributed by atoms with Gasteiger partial charge < -0.3 is 9.30 Å². The number of fused-ring (bicyclic) bond motifs is 1. The predicted molar refractivity (Wildman–Crippen MR) is 103 cm³/mol. The highest BCUT2D eigenvalue weighted by molar-refractivity contribution is 5.83. The first-order valence-electron chi connectivity index (χ1n) is 9.00. The zero-order valence-corrected chi connectivity index (χ0v) is 15.4. The topological polar surface area (TPSA) is 60.2 Å². The maximum atomic E-state index is 13.2. The molecule has 0 amide bonds. The molecular formula is C20H24N4O2. The van der Waals surface area contributed by atoms with Crippen molar-refractivity contribution in [1.82, 2.24) is 20.0 Å². The van der Waals surface area contributed by atoms with Gasteiger partial charge in [0.25, 0.3) is 5.56 Å². The second-order valence-electron chi connectivity index (χ2n) is 6.79. The van der Waals surface area contributed by atoms with Crippen molar-refractivity contribution in [2.75, 3.05) is 19.7 Å². The smallest absolute Gasteiger partial charge is 0.279 e. The Morgan fingerprint density at radius 2 is 2.00 bits per heavy atom. The number of rotatable bonds is 4. The van der Waals surface area contributed by atoms with Crippen molar-refractivity contribution in [1.29, 1.82) is 0 Å². The molecule has 0 bridgehead atoms. The Kier molecular flexibility index (Phi) is 4.30. The number of nitrogens with zero attached hydrogens (tertiary/aromatic N) is 2. The highest BCUT2D eigenvalue weighted by Crippen LogP contribution is 2.27. The summed E-state index contributed by atoms with van der Waals surface area (Å²) in [5, 5.41) is 1.04. The molecular weight excluding hydrogens is 328 g/mol. The van der Waals surface area contributed by atoms with Gasteiger partial charge >= 0.3 is 0 Å². The third-order valence-corrected chi connectivity index (χ3v) is 5.07. The molecule has 3 aromatic rings. The van der Waals surface area contributed by atoms with Crippen LogP contribution in [0.1, 0.15) is 24.0 Å². The second kappa shape index (κ2) is 6.63. The van der Waals surface area contributed by atoms with Gasteiger partial charge in [-0.1, -0.05) is 0 Å². The van der Waals surface area contributed by atoms with Gasteiger partial charge in [-0.15, -0.1) is 0 Å². The van der Waals surface area contributed by atoms with Crippen molar-refractivity contribution in [3.63, 3.8) is 0 Å². The summed E-state index contributed by atoms with van der Waals surface area (Å²) in [6.45, 7) is 6.31. The minimum Gasteiger partial charge on any atom is -0.494 e. The number of hydrazine groups is 1. The van der Waals surface area contributed by atoms with Crippen LogP contribution in [-0.2, 0) is 7.05 Å². The Morgan fingerprint density at radius 1 is 1.23 bits per heavy atom. The normalized spacial score (nSPS) is 15.0. The molecule has 26 heavy (non-hydrogen) atoms. The second-order valence-corrected chi connectivity index (χ2v) is 6.79. The molecule has 1 aromatic carbocycles. The number of hydrogen-bond donors (Lipinski definition) is 2. The Balaban J connectivity index is 1.94. The minimum absolute atomic E-state index is 0.00225. The molecule has 136 valence electrons. The SMILES string of the molecule is CCOc1ccc(-n2cc(C3CNNC3)c3ccn(C)c3c2=O)c(C)c1. The molecule has 1 fully saturated rings. The molecule has 0 atom stereocenters. The third kappa shape index (κ3) is 2.71. The van der Waals surface area contributed by atoms with Crippen molar-refractivity contribution < 1.29 is 4.74 Å². The average molecular weight is 352 g/mol. The van der Waals surface area contributed by atoms with Gasteiger partial charge in [0.1, 0.15) is 11.3 Å². The van der Waals surface area contributed by atoms with Crippen LogP contribution in [-0.4, -0.2) is 28.8 Å². The van der Waals surface area contributed by atoms with Crippen LogP contribution in [0.25, 0.3) is 16.6 Å². The molecule has 6 nitrogen and oxygen atoms in total. The monoisotopic (exact) mass is 352 g/mol. The van der Waals surface area contributed by atoms with Crippen molar-refractivity contribution in [3.8, 4) is 11.4 Å². The van der Waals surface area contributed by atoms with Crippen LogP contribution >= 0.6 is 0 Å². The first kappa shape index (κ1) is 16.9. The van der Waals surface area contributed by atoms with Gasteiger partial charge in [-0.25, -0.2) is 0 Å². The molecule has 0 spiro atoms. The summed E-state index contributed by atoms with van der Waals surface area (Å²) in [6.07, 6.45) is 3.97. The van der Waals surface area contributed by atoms with Gasteiger partial charge in [-0.05, 0) is 49.2 Å². The molecule has 0 saturated carbocycles. The largest absolute Gasteiger partial charge is 0.494 e. The Labute approximate surface area is 152 Å². The maximum Gasteiger partial charge on any atom is 0.279 e. The zero-order valence-electron chi connectivity index (χ0n) is 15.4. The van der Waals surface area contributed by atoms with E-state index in [9.17, 15) is 4.79 Å². The Hall–Kier alpha value is -2.57. The van der Waals surface area contributed by atoms with E-state index in [2.05, 4.69) is 10.9 Å². The van der Waals surface area contributed by atoms with Crippen molar-refractivity contribution >= 4 is 10.9 Å². The lowest BCUT2D eigenvalue weighted by Gasteiger charge is -2.16. The fraction of sp³-hybridized carbons (Fsp3) is 0.350. The van der Waals surface area contributed by atoms with E-state index in [1.165, 1.54) is 5.56 Å². The number of benzene rings is 1. The van der Waals surface area contributed by atoms with Crippen LogP contribution in [0.4, 0.5) is 0 Å². The molecule has 0 radical (unpaired) electrons. The molecule has 0 unspecified atom stereocenters.